The molecule has 1 aliphatic carbocycles. The fourth-order valence-electron chi connectivity index (χ4n) is 2.89. The van der Waals surface area contributed by atoms with Crippen molar-refractivity contribution in [2.75, 3.05) is 0 Å². The van der Waals surface area contributed by atoms with Gasteiger partial charge in [0.25, 0.3) is 5.89 Å². The lowest BCUT2D eigenvalue weighted by atomic mass is 9.89. The first kappa shape index (κ1) is 14.4. The summed E-state index contributed by atoms with van der Waals surface area (Å²) in [6, 6.07) is 7.75. The van der Waals surface area contributed by atoms with Crippen molar-refractivity contribution < 1.29 is 14.4 Å². The molecule has 1 N–H and O–H groups in total. The second-order valence-corrected chi connectivity index (χ2v) is 6.32. The summed E-state index contributed by atoms with van der Waals surface area (Å²) < 4.78 is 11.1. The molecule has 0 fully saturated rings. The van der Waals surface area contributed by atoms with Crippen molar-refractivity contribution in [3.05, 3.63) is 52.0 Å². The Labute approximate surface area is 137 Å². The summed E-state index contributed by atoms with van der Waals surface area (Å²) in [6.45, 7) is 0.226. The molecule has 118 valence electrons. The van der Waals surface area contributed by atoms with Gasteiger partial charge in [-0.05, 0) is 47.9 Å². The highest BCUT2D eigenvalue weighted by Crippen LogP contribution is 2.35. The SMILES string of the molecule is OC1CCCc2c(OCc3nc(-c4ccsc4)no3)cccc21. The number of ether oxygens (including phenoxy) is 1. The molecule has 5 nitrogen and oxygen atoms in total. The number of benzene rings is 1. The molecule has 2 heterocycles. The van der Waals surface area contributed by atoms with Gasteiger partial charge in [0, 0.05) is 10.9 Å². The van der Waals surface area contributed by atoms with Crippen molar-refractivity contribution in [3.8, 4) is 17.1 Å². The zero-order chi connectivity index (χ0) is 15.6. The molecule has 4 rings (SSSR count). The smallest absolute Gasteiger partial charge is 0.264 e. The van der Waals surface area contributed by atoms with E-state index in [-0.39, 0.29) is 6.61 Å². The Kier molecular flexibility index (Phi) is 3.85. The third kappa shape index (κ3) is 2.87. The topological polar surface area (TPSA) is 68.4 Å². The van der Waals surface area contributed by atoms with Crippen LogP contribution in [0, 0.1) is 0 Å². The van der Waals surface area contributed by atoms with Gasteiger partial charge < -0.3 is 14.4 Å². The van der Waals surface area contributed by atoms with Crippen molar-refractivity contribution in [2.45, 2.75) is 32.0 Å². The van der Waals surface area contributed by atoms with Crippen LogP contribution < -0.4 is 4.74 Å². The molecule has 0 amide bonds. The van der Waals surface area contributed by atoms with E-state index in [0.717, 1.165) is 41.7 Å². The molecule has 1 unspecified atom stereocenters. The summed E-state index contributed by atoms with van der Waals surface area (Å²) in [5, 5.41) is 18.0. The van der Waals surface area contributed by atoms with E-state index in [0.29, 0.717) is 11.7 Å². The number of aliphatic hydroxyl groups excluding tert-OH is 1. The van der Waals surface area contributed by atoms with Gasteiger partial charge in [0.1, 0.15) is 5.75 Å². The largest absolute Gasteiger partial charge is 0.483 e. The normalized spacial score (nSPS) is 17.0. The number of hydrogen-bond acceptors (Lipinski definition) is 6. The first-order chi connectivity index (χ1) is 11.3. The van der Waals surface area contributed by atoms with Gasteiger partial charge in [0.15, 0.2) is 6.61 Å². The second kappa shape index (κ2) is 6.14. The summed E-state index contributed by atoms with van der Waals surface area (Å²) in [5.41, 5.74) is 3.01. The number of aliphatic hydroxyl groups is 1. The van der Waals surface area contributed by atoms with Crippen LogP contribution in [0.2, 0.25) is 0 Å². The molecule has 1 aliphatic rings. The molecule has 0 saturated heterocycles. The number of rotatable bonds is 4. The molecule has 6 heteroatoms. The van der Waals surface area contributed by atoms with E-state index in [9.17, 15) is 5.11 Å². The molecule has 1 aromatic carbocycles. The first-order valence-corrected chi connectivity index (χ1v) is 8.53. The van der Waals surface area contributed by atoms with Crippen molar-refractivity contribution in [3.63, 3.8) is 0 Å². The van der Waals surface area contributed by atoms with Crippen LogP contribution in [-0.4, -0.2) is 15.2 Å². The van der Waals surface area contributed by atoms with Crippen LogP contribution in [0.5, 0.6) is 5.75 Å². The van der Waals surface area contributed by atoms with Gasteiger partial charge in [0.2, 0.25) is 5.82 Å². The van der Waals surface area contributed by atoms with E-state index in [2.05, 4.69) is 10.1 Å². The fraction of sp³-hybridized carbons (Fsp3) is 0.294. The number of aromatic nitrogens is 2. The van der Waals surface area contributed by atoms with Crippen molar-refractivity contribution in [1.29, 1.82) is 0 Å². The Balaban J connectivity index is 1.51. The van der Waals surface area contributed by atoms with Gasteiger partial charge in [-0.15, -0.1) is 0 Å². The summed E-state index contributed by atoms with van der Waals surface area (Å²) in [4.78, 5) is 4.35. The molecular formula is C17H16N2O3S. The Bertz CT molecular complexity index is 798. The summed E-state index contributed by atoms with van der Waals surface area (Å²) in [6.07, 6.45) is 2.31. The molecular weight excluding hydrogens is 312 g/mol. The van der Waals surface area contributed by atoms with Crippen molar-refractivity contribution in [2.24, 2.45) is 0 Å². The second-order valence-electron chi connectivity index (χ2n) is 5.54. The average Bonchev–Trinajstić information content (AvgIpc) is 3.25. The van der Waals surface area contributed by atoms with Crippen LogP contribution in [0.1, 0.15) is 36.0 Å². The minimum atomic E-state index is -0.393. The highest BCUT2D eigenvalue weighted by atomic mass is 32.1. The first-order valence-electron chi connectivity index (χ1n) is 7.59. The molecule has 1 atom stereocenters. The minimum absolute atomic E-state index is 0.226. The fourth-order valence-corrected chi connectivity index (χ4v) is 3.52. The summed E-state index contributed by atoms with van der Waals surface area (Å²) in [7, 11) is 0. The number of thiophene rings is 1. The van der Waals surface area contributed by atoms with E-state index in [1.807, 2.05) is 35.0 Å². The maximum Gasteiger partial charge on any atom is 0.264 e. The Morgan fingerprint density at radius 3 is 3.17 bits per heavy atom. The van der Waals surface area contributed by atoms with Gasteiger partial charge in [0.05, 0.1) is 6.10 Å². The molecule has 0 radical (unpaired) electrons. The number of nitrogens with zero attached hydrogens (tertiary/aromatic N) is 2. The van der Waals surface area contributed by atoms with E-state index >= 15 is 0 Å². The Morgan fingerprint density at radius 1 is 1.35 bits per heavy atom. The summed E-state index contributed by atoms with van der Waals surface area (Å²) >= 11 is 1.59. The molecule has 0 aliphatic heterocycles. The van der Waals surface area contributed by atoms with Crippen LogP contribution in [-0.2, 0) is 13.0 Å². The van der Waals surface area contributed by atoms with Gasteiger partial charge >= 0.3 is 0 Å². The van der Waals surface area contributed by atoms with Crippen molar-refractivity contribution in [1.82, 2.24) is 10.1 Å². The monoisotopic (exact) mass is 328 g/mol. The van der Waals surface area contributed by atoms with Gasteiger partial charge in [-0.2, -0.15) is 16.3 Å². The number of fused-ring (bicyclic) bond motifs is 1. The Morgan fingerprint density at radius 2 is 2.30 bits per heavy atom. The average molecular weight is 328 g/mol. The quantitative estimate of drug-likeness (QED) is 0.790. The molecule has 0 spiro atoms. The van der Waals surface area contributed by atoms with Crippen LogP contribution in [0.3, 0.4) is 0 Å². The lowest BCUT2D eigenvalue weighted by Gasteiger charge is -2.23. The van der Waals surface area contributed by atoms with E-state index in [4.69, 9.17) is 9.26 Å². The van der Waals surface area contributed by atoms with Crippen LogP contribution >= 0.6 is 11.3 Å². The zero-order valence-corrected chi connectivity index (χ0v) is 13.3. The van der Waals surface area contributed by atoms with Crippen LogP contribution in [0.4, 0.5) is 0 Å². The van der Waals surface area contributed by atoms with Crippen molar-refractivity contribution >= 4 is 11.3 Å². The van der Waals surface area contributed by atoms with E-state index in [1.54, 1.807) is 11.3 Å². The molecule has 0 bridgehead atoms. The van der Waals surface area contributed by atoms with Crippen LogP contribution in [0.15, 0.2) is 39.5 Å². The predicted molar refractivity (Wildman–Crippen MR) is 86.3 cm³/mol. The third-order valence-corrected chi connectivity index (χ3v) is 4.71. The maximum atomic E-state index is 10.1. The Hall–Kier alpha value is -2.18. The predicted octanol–water partition coefficient (Wildman–Crippen LogP) is 3.75. The highest BCUT2D eigenvalue weighted by molar-refractivity contribution is 7.08. The van der Waals surface area contributed by atoms with Gasteiger partial charge in [-0.25, -0.2) is 0 Å². The standard InChI is InChI=1S/C17H16N2O3S/c20-14-5-1-4-13-12(14)3-2-6-15(13)21-9-16-18-17(19-22-16)11-7-8-23-10-11/h2-3,6-8,10,14,20H,1,4-5,9H2. The van der Waals surface area contributed by atoms with E-state index < -0.39 is 6.10 Å². The molecule has 3 aromatic rings. The lowest BCUT2D eigenvalue weighted by Crippen LogP contribution is -2.11. The molecule has 0 saturated carbocycles. The maximum absolute atomic E-state index is 10.1. The minimum Gasteiger partial charge on any atom is -0.483 e. The highest BCUT2D eigenvalue weighted by Gasteiger charge is 2.21. The van der Waals surface area contributed by atoms with Gasteiger partial charge in [-0.1, -0.05) is 17.3 Å². The third-order valence-electron chi connectivity index (χ3n) is 4.03. The van der Waals surface area contributed by atoms with E-state index in [1.165, 1.54) is 0 Å². The van der Waals surface area contributed by atoms with Gasteiger partial charge in [-0.3, -0.25) is 0 Å². The zero-order valence-electron chi connectivity index (χ0n) is 12.4. The summed E-state index contributed by atoms with van der Waals surface area (Å²) in [5.74, 6) is 1.81. The molecule has 23 heavy (non-hydrogen) atoms. The molecule has 2 aromatic heterocycles. The lowest BCUT2D eigenvalue weighted by molar-refractivity contribution is 0.154. The number of hydrogen-bond donors (Lipinski definition) is 1. The van der Waals surface area contributed by atoms with Crippen LogP contribution in [0.25, 0.3) is 11.4 Å².